The Morgan fingerprint density at radius 1 is 0.510 bits per heavy atom. The smallest absolute Gasteiger partial charge is 0.318 e. The average molecular weight is 1520 g/mol. The summed E-state index contributed by atoms with van der Waals surface area (Å²) in [5.74, 6) is -0.997. The third-order valence-corrected chi connectivity index (χ3v) is 25.7. The van der Waals surface area contributed by atoms with Gasteiger partial charge >= 0.3 is 47.1 Å². The number of nitrogens with two attached hydrogens (primary N) is 3. The predicted molar refractivity (Wildman–Crippen MR) is 368 cm³/mol. The summed E-state index contributed by atoms with van der Waals surface area (Å²) in [7, 11) is -11.9. The summed E-state index contributed by atoms with van der Waals surface area (Å²) in [6.07, 6.45) is 13.7. The van der Waals surface area contributed by atoms with Crippen LogP contribution in [-0.4, -0.2) is 167 Å². The number of ether oxygens (including phenoxy) is 1. The number of carbonyl (C=O) groups excluding carboxylic acids is 6. The van der Waals surface area contributed by atoms with E-state index in [1.54, 1.807) is 12.1 Å². The quantitative estimate of drug-likeness (QED) is 0.0847. The van der Waals surface area contributed by atoms with E-state index in [9.17, 15) is 72.0 Å². The lowest BCUT2D eigenvalue weighted by Gasteiger charge is -2.58. The van der Waals surface area contributed by atoms with Crippen LogP contribution in [-0.2, 0) is 68.9 Å². The van der Waals surface area contributed by atoms with Crippen molar-refractivity contribution in [3.05, 3.63) is 90.2 Å². The molecule has 15 rings (SSSR count). The Hall–Kier alpha value is -5.45. The maximum Gasteiger partial charge on any atom is 0.318 e. The van der Waals surface area contributed by atoms with Gasteiger partial charge in [-0.2, -0.15) is 38.2 Å². The fourth-order valence-corrected chi connectivity index (χ4v) is 20.8. The number of halogens is 7. The Morgan fingerprint density at radius 2 is 0.837 bits per heavy atom. The molecule has 0 aromatic heterocycles. The van der Waals surface area contributed by atoms with Crippen LogP contribution in [0.15, 0.2) is 72.8 Å². The lowest BCUT2D eigenvalue weighted by molar-refractivity contribution is -0.147. The van der Waals surface area contributed by atoms with Crippen molar-refractivity contribution in [2.24, 2.45) is 63.5 Å². The van der Waals surface area contributed by atoms with E-state index in [2.05, 4.69) is 28.5 Å². The van der Waals surface area contributed by atoms with Crippen molar-refractivity contribution in [1.29, 1.82) is 0 Å². The second kappa shape index (κ2) is 35.4. The van der Waals surface area contributed by atoms with Gasteiger partial charge < -0.3 is 32.4 Å². The summed E-state index contributed by atoms with van der Waals surface area (Å²) in [5.41, 5.74) is 16.8. The van der Waals surface area contributed by atoms with Gasteiger partial charge in [0.1, 0.15) is 24.0 Å². The van der Waals surface area contributed by atoms with Crippen molar-refractivity contribution in [2.45, 2.75) is 123 Å². The zero-order valence-corrected chi connectivity index (χ0v) is 57.9. The highest BCUT2D eigenvalue weighted by atomic mass is 35.5. The van der Waals surface area contributed by atoms with Gasteiger partial charge in [0.05, 0.1) is 30.2 Å². The van der Waals surface area contributed by atoms with Crippen LogP contribution in [0.1, 0.15) is 111 Å². The summed E-state index contributed by atoms with van der Waals surface area (Å²) >= 11 is 14.2. The Kier molecular flexibility index (Phi) is 30.1. The molecule has 3 aromatic rings. The second-order valence-corrected chi connectivity index (χ2v) is 32.3. The van der Waals surface area contributed by atoms with E-state index in [0.29, 0.717) is 55.9 Å². The van der Waals surface area contributed by atoms with Crippen molar-refractivity contribution in [2.75, 3.05) is 85.0 Å². The van der Waals surface area contributed by atoms with Gasteiger partial charge in [-0.1, -0.05) is 51.3 Å². The summed E-state index contributed by atoms with van der Waals surface area (Å²) in [6, 6.07) is 17.2. The van der Waals surface area contributed by atoms with Crippen LogP contribution in [0.4, 0.5) is 30.2 Å². The first kappa shape index (κ1) is 83.2. The van der Waals surface area contributed by atoms with Crippen LogP contribution in [0.2, 0.25) is 0 Å². The first-order chi connectivity index (χ1) is 44.8. The first-order valence-electron chi connectivity index (χ1n) is 31.4. The molecule has 8 saturated carbocycles. The maximum absolute atomic E-state index is 14.2. The van der Waals surface area contributed by atoms with Crippen molar-refractivity contribution in [3.63, 3.8) is 0 Å². The van der Waals surface area contributed by atoms with E-state index < -0.39 is 88.3 Å². The monoisotopic (exact) mass is 1520 g/mol. The Balaban J connectivity index is 0.000000230. The molecular weight excluding hydrogens is 1430 g/mol. The van der Waals surface area contributed by atoms with E-state index in [-0.39, 0.29) is 131 Å². The molecular formula is C63H89Cl4F3N10O15S3. The minimum atomic E-state index is -4.01. The Bertz CT molecular complexity index is 3530. The number of anilines is 3. The molecule has 8 aliphatic carbocycles. The van der Waals surface area contributed by atoms with Crippen LogP contribution in [0, 0.1) is 63.8 Å². The van der Waals surface area contributed by atoms with Crippen molar-refractivity contribution in [1.82, 2.24) is 18.2 Å². The number of carboxylic acids is 1. The number of rotatable bonds is 13. The molecule has 3 aromatic carbocycles. The maximum atomic E-state index is 14.2. The van der Waals surface area contributed by atoms with Gasteiger partial charge in [0.25, 0.3) is 0 Å². The van der Waals surface area contributed by atoms with E-state index >= 15 is 0 Å². The number of benzene rings is 3. The predicted octanol–water partition coefficient (Wildman–Crippen LogP) is 7.03. The van der Waals surface area contributed by atoms with Crippen molar-refractivity contribution < 1.29 is 81.8 Å². The second-order valence-electron chi connectivity index (χ2n) is 25.7. The lowest BCUT2D eigenvalue weighted by atomic mass is 9.47. The van der Waals surface area contributed by atoms with Crippen LogP contribution < -0.4 is 35.4 Å². The number of aliphatic carboxylic acids is 1. The third kappa shape index (κ3) is 19.6. The largest absolute Gasteiger partial charge is 0.480 e. The highest BCUT2D eigenvalue weighted by molar-refractivity contribution is 7.91. The Labute approximate surface area is 592 Å². The van der Waals surface area contributed by atoms with E-state index in [1.165, 1.54) is 86.3 Å². The molecule has 548 valence electrons. The van der Waals surface area contributed by atoms with Gasteiger partial charge in [-0.3, -0.25) is 46.5 Å². The molecule has 12 fully saturated rings. The van der Waals surface area contributed by atoms with E-state index in [0.717, 1.165) is 83.5 Å². The molecule has 4 heterocycles. The zero-order chi connectivity index (χ0) is 69.4. The van der Waals surface area contributed by atoms with Crippen LogP contribution in [0.25, 0.3) is 0 Å². The number of amides is 3. The molecule has 12 aliphatic rings. The minimum absolute atomic E-state index is 0. The molecule has 4 atom stereocenters. The van der Waals surface area contributed by atoms with Crippen LogP contribution in [0.3, 0.4) is 0 Å². The molecule has 0 spiro atoms. The molecule has 4 saturated heterocycles. The molecule has 4 aliphatic heterocycles. The summed E-state index contributed by atoms with van der Waals surface area (Å²) < 4.78 is 128. The minimum Gasteiger partial charge on any atom is -0.480 e. The lowest BCUT2D eigenvalue weighted by Crippen LogP contribution is -2.63. The topological polar surface area (TPSA) is 361 Å². The number of nitrogens with zero attached hydrogens (tertiary/aromatic N) is 6. The molecule has 35 heteroatoms. The third-order valence-electron chi connectivity index (χ3n) is 19.4. The molecule has 98 heavy (non-hydrogen) atoms. The number of hydrogen-bond acceptors (Lipinski definition) is 15. The normalized spacial score (nSPS) is 28.7. The highest BCUT2D eigenvalue weighted by Crippen LogP contribution is 2.61. The number of hydrogen-bond donors (Lipinski definition) is 5. The van der Waals surface area contributed by atoms with Crippen LogP contribution >= 0.6 is 47.2 Å². The molecule has 25 nitrogen and oxygen atoms in total. The number of carbonyl (C=O) groups is 7. The van der Waals surface area contributed by atoms with Crippen molar-refractivity contribution >= 4 is 134 Å². The average Bonchev–Trinajstić information content (AvgIpc) is 0.737. The number of carboxylic acid groups (broad SMARTS) is 1. The van der Waals surface area contributed by atoms with E-state index in [4.69, 9.17) is 38.6 Å². The first-order valence-corrected chi connectivity index (χ1v) is 36.7. The molecule has 4 unspecified atom stereocenters. The van der Waals surface area contributed by atoms with Crippen molar-refractivity contribution in [3.8, 4) is 0 Å². The molecule has 0 radical (unpaired) electrons. The van der Waals surface area contributed by atoms with Gasteiger partial charge in [0.15, 0.2) is 0 Å². The van der Waals surface area contributed by atoms with Gasteiger partial charge in [0, 0.05) is 75.4 Å². The molecule has 8 bridgehead atoms. The number of primary amides is 2. The van der Waals surface area contributed by atoms with Crippen LogP contribution in [0.5, 0.6) is 0 Å². The summed E-state index contributed by atoms with van der Waals surface area (Å²) in [5, 5.41) is 8.74. The van der Waals surface area contributed by atoms with Gasteiger partial charge in [-0.05, 0) is 203 Å². The molecule has 3 amide bonds. The highest BCUT2D eigenvalue weighted by Gasteiger charge is 2.59. The zero-order valence-electron chi connectivity index (χ0n) is 52.4. The number of nitrogens with one attached hydrogen (secondary N) is 1. The summed E-state index contributed by atoms with van der Waals surface area (Å²) in [4.78, 5) is 77.0. The standard InChI is InChI=1S/C22H29FN4O4S.C11H12ClFN2O3S.C11H13FN2O4S.C11H18N2O.C4H8O.C2Cl2O2.2CH4.ClH/c23-17-4-1-2-5-18(17)27-7-3-6-26(32(27,30)31)13-19(28)25-20-15-8-14-9-16(20)12-22(10-14,11-15)21(24)29;12-11(16)8-14-6-3-7-15(19(14,17)18)10-5-2-1-4-9(10)13;12-9-4-1-2-5-10(9)14-7-3-6-13(8-11(15)16)19(14,17)18;12-9-7-1-6-2-8(9)5-11(3-6,4-7)10(13)14;1-2-4-5-3-1;3-1(5)2(4)6;;;/h1-2,4-5,14-16,20H,3,6-13H2,(H2,24,29)(H,25,28);1-2,4-5H,3,6-8H2;1-2,4-5H,3,6-8H2,(H,15,16);6-9H,1-5,12H2,(H2,13,14);1-4H2;;2*1H4;1H. The SMILES string of the molecule is C.C.C1CCOC1.Cl.NC(=O)C12CC3CC(C1)C(N)C(C3)C2.NC(=O)C12CC3CC(C1)C(NC(=O)CN1CCCN(c4ccccc4F)S1(=O)=O)C(C3)C2.O=C(Cl)C(=O)Cl.O=C(Cl)CN1CCCN(c2ccccc2F)S1(=O)=O.O=C(O)CN1CCCN(c2ccccc2F)S1(=O)=O. The number of para-hydroxylation sites is 3. The van der Waals surface area contributed by atoms with Gasteiger partial charge in [-0.15, -0.1) is 12.4 Å². The van der Waals surface area contributed by atoms with Gasteiger partial charge in [0.2, 0.25) is 23.0 Å². The van der Waals surface area contributed by atoms with E-state index in [1.807, 2.05) is 0 Å². The van der Waals surface area contributed by atoms with Gasteiger partial charge in [-0.25, -0.2) is 13.2 Å². The molecule has 8 N–H and O–H groups in total. The summed E-state index contributed by atoms with van der Waals surface area (Å²) in [6.45, 7) is 1.70. The fourth-order valence-electron chi connectivity index (χ4n) is 15.6. The Morgan fingerprint density at radius 3 is 1.14 bits per heavy atom. The fraction of sp³-hybridized carbons (Fsp3) is 0.603.